The molecule has 0 bridgehead atoms. The van der Waals surface area contributed by atoms with Gasteiger partial charge in [-0.3, -0.25) is 0 Å². The van der Waals surface area contributed by atoms with Crippen molar-refractivity contribution in [1.82, 2.24) is 0 Å². The van der Waals surface area contributed by atoms with Gasteiger partial charge in [0.25, 0.3) is 0 Å². The Morgan fingerprint density at radius 3 is 2.88 bits per heavy atom. The highest BCUT2D eigenvalue weighted by molar-refractivity contribution is 5.28. The van der Waals surface area contributed by atoms with Gasteiger partial charge < -0.3 is 15.2 Å². The minimum Gasteiger partial charge on any atom is -0.493 e. The summed E-state index contributed by atoms with van der Waals surface area (Å²) in [5.41, 5.74) is 6.79. The van der Waals surface area contributed by atoms with Crippen molar-refractivity contribution < 1.29 is 9.47 Å². The highest BCUT2D eigenvalue weighted by Gasteiger charge is 2.14. The predicted molar refractivity (Wildman–Crippen MR) is 68.2 cm³/mol. The molecule has 0 unspecified atom stereocenters. The fourth-order valence-electron chi connectivity index (χ4n) is 2.08. The number of hydrogen-bond donors (Lipinski definition) is 1. The number of benzene rings is 1. The molecule has 1 aromatic carbocycles. The maximum atomic E-state index is 5.84. The summed E-state index contributed by atoms with van der Waals surface area (Å²) in [6.07, 6.45) is 3.14. The predicted octanol–water partition coefficient (Wildman–Crippen LogP) is 1.99. The number of hydrogen-bond acceptors (Lipinski definition) is 3. The Morgan fingerprint density at radius 1 is 1.29 bits per heavy atom. The van der Waals surface area contributed by atoms with Crippen molar-refractivity contribution in [1.29, 1.82) is 0 Å². The Bertz CT molecular complexity index is 335. The van der Waals surface area contributed by atoms with Crippen molar-refractivity contribution in [3.63, 3.8) is 0 Å². The van der Waals surface area contributed by atoms with E-state index in [0.717, 1.165) is 44.8 Å². The van der Waals surface area contributed by atoms with E-state index >= 15 is 0 Å². The van der Waals surface area contributed by atoms with Crippen LogP contribution < -0.4 is 10.5 Å². The van der Waals surface area contributed by atoms with E-state index in [9.17, 15) is 0 Å². The molecular formula is C14H21NO2. The van der Waals surface area contributed by atoms with Gasteiger partial charge in [0.05, 0.1) is 6.61 Å². The first-order valence-corrected chi connectivity index (χ1v) is 6.38. The zero-order valence-electron chi connectivity index (χ0n) is 10.2. The fraction of sp³-hybridized carbons (Fsp3) is 0.571. The summed E-state index contributed by atoms with van der Waals surface area (Å²) < 4.78 is 11.2. The third-order valence-corrected chi connectivity index (χ3v) is 3.16. The van der Waals surface area contributed by atoms with Gasteiger partial charge in [-0.15, -0.1) is 0 Å². The van der Waals surface area contributed by atoms with Crippen LogP contribution >= 0.6 is 0 Å². The first kappa shape index (κ1) is 12.4. The van der Waals surface area contributed by atoms with Crippen molar-refractivity contribution in [3.8, 4) is 5.75 Å². The molecule has 0 aromatic heterocycles. The van der Waals surface area contributed by atoms with E-state index in [0.29, 0.717) is 12.5 Å². The first-order valence-electron chi connectivity index (χ1n) is 6.38. The zero-order chi connectivity index (χ0) is 11.9. The Kier molecular flexibility index (Phi) is 4.83. The second-order valence-electron chi connectivity index (χ2n) is 4.55. The second kappa shape index (κ2) is 6.62. The highest BCUT2D eigenvalue weighted by Crippen LogP contribution is 2.18. The summed E-state index contributed by atoms with van der Waals surface area (Å²) in [6.45, 7) is 3.24. The average molecular weight is 235 g/mol. The van der Waals surface area contributed by atoms with Crippen molar-refractivity contribution in [2.24, 2.45) is 11.7 Å². The standard InChI is InChI=1S/C14H21NO2/c15-7-4-12-2-1-3-14(10-12)17-11-13-5-8-16-9-6-13/h1-3,10,13H,4-9,11,15H2. The van der Waals surface area contributed by atoms with Crippen molar-refractivity contribution in [2.45, 2.75) is 19.3 Å². The van der Waals surface area contributed by atoms with Crippen molar-refractivity contribution >= 4 is 0 Å². The molecule has 1 aliphatic rings. The van der Waals surface area contributed by atoms with E-state index in [1.807, 2.05) is 12.1 Å². The van der Waals surface area contributed by atoms with Crippen LogP contribution in [0.4, 0.5) is 0 Å². The molecular weight excluding hydrogens is 214 g/mol. The van der Waals surface area contributed by atoms with Crippen molar-refractivity contribution in [2.75, 3.05) is 26.4 Å². The number of rotatable bonds is 5. The van der Waals surface area contributed by atoms with Crippen LogP contribution in [0.1, 0.15) is 18.4 Å². The van der Waals surface area contributed by atoms with Crippen LogP contribution in [0.15, 0.2) is 24.3 Å². The molecule has 0 radical (unpaired) electrons. The summed E-state index contributed by atoms with van der Waals surface area (Å²) in [6, 6.07) is 8.23. The molecule has 1 fully saturated rings. The van der Waals surface area contributed by atoms with Crippen LogP contribution in [0.5, 0.6) is 5.75 Å². The smallest absolute Gasteiger partial charge is 0.119 e. The molecule has 1 heterocycles. The Morgan fingerprint density at radius 2 is 2.12 bits per heavy atom. The van der Waals surface area contributed by atoms with E-state index < -0.39 is 0 Å². The molecule has 3 heteroatoms. The molecule has 3 nitrogen and oxygen atoms in total. The van der Waals surface area contributed by atoms with Gasteiger partial charge in [-0.05, 0) is 49.4 Å². The van der Waals surface area contributed by atoms with E-state index in [1.54, 1.807) is 0 Å². The molecule has 0 spiro atoms. The third-order valence-electron chi connectivity index (χ3n) is 3.16. The summed E-state index contributed by atoms with van der Waals surface area (Å²) in [5.74, 6) is 1.60. The Balaban J connectivity index is 1.83. The molecule has 0 aliphatic carbocycles. The molecule has 1 aromatic rings. The van der Waals surface area contributed by atoms with E-state index in [2.05, 4.69) is 12.1 Å². The topological polar surface area (TPSA) is 44.5 Å². The lowest BCUT2D eigenvalue weighted by Crippen LogP contribution is -2.21. The monoisotopic (exact) mass is 235 g/mol. The summed E-state index contributed by atoms with van der Waals surface area (Å²) in [5, 5.41) is 0. The van der Waals surface area contributed by atoms with Gasteiger partial charge >= 0.3 is 0 Å². The van der Waals surface area contributed by atoms with E-state index in [4.69, 9.17) is 15.2 Å². The molecule has 1 saturated heterocycles. The minimum atomic E-state index is 0.641. The van der Waals surface area contributed by atoms with Crippen LogP contribution in [0.3, 0.4) is 0 Å². The minimum absolute atomic E-state index is 0.641. The second-order valence-corrected chi connectivity index (χ2v) is 4.55. The largest absolute Gasteiger partial charge is 0.493 e. The summed E-state index contributed by atoms with van der Waals surface area (Å²) in [4.78, 5) is 0. The fourth-order valence-corrected chi connectivity index (χ4v) is 2.08. The quantitative estimate of drug-likeness (QED) is 0.849. The van der Waals surface area contributed by atoms with Crippen LogP contribution in [-0.4, -0.2) is 26.4 Å². The zero-order valence-corrected chi connectivity index (χ0v) is 10.2. The van der Waals surface area contributed by atoms with Gasteiger partial charge in [-0.2, -0.15) is 0 Å². The lowest BCUT2D eigenvalue weighted by Gasteiger charge is -2.22. The lowest BCUT2D eigenvalue weighted by molar-refractivity contribution is 0.0497. The Labute approximate surface area is 103 Å². The number of ether oxygens (including phenoxy) is 2. The Hall–Kier alpha value is -1.06. The highest BCUT2D eigenvalue weighted by atomic mass is 16.5. The molecule has 2 N–H and O–H groups in total. The molecule has 0 amide bonds. The van der Waals surface area contributed by atoms with E-state index in [-0.39, 0.29) is 0 Å². The SMILES string of the molecule is NCCc1cccc(OCC2CCOCC2)c1. The van der Waals surface area contributed by atoms with Crippen LogP contribution in [0.2, 0.25) is 0 Å². The maximum Gasteiger partial charge on any atom is 0.119 e. The van der Waals surface area contributed by atoms with E-state index in [1.165, 1.54) is 5.56 Å². The van der Waals surface area contributed by atoms with Gasteiger partial charge in [0.15, 0.2) is 0 Å². The normalized spacial score (nSPS) is 17.0. The van der Waals surface area contributed by atoms with Crippen molar-refractivity contribution in [3.05, 3.63) is 29.8 Å². The molecule has 0 atom stereocenters. The number of nitrogens with two attached hydrogens (primary N) is 1. The van der Waals surface area contributed by atoms with Gasteiger partial charge in [-0.25, -0.2) is 0 Å². The van der Waals surface area contributed by atoms with Crippen LogP contribution in [0.25, 0.3) is 0 Å². The van der Waals surface area contributed by atoms with Crippen LogP contribution in [-0.2, 0) is 11.2 Å². The van der Waals surface area contributed by atoms with Gasteiger partial charge in [0.2, 0.25) is 0 Å². The molecule has 94 valence electrons. The third kappa shape index (κ3) is 4.02. The molecule has 17 heavy (non-hydrogen) atoms. The molecule has 2 rings (SSSR count). The average Bonchev–Trinajstić information content (AvgIpc) is 2.39. The maximum absolute atomic E-state index is 5.84. The molecule has 1 aliphatic heterocycles. The molecule has 0 saturated carbocycles. The van der Waals surface area contributed by atoms with Crippen LogP contribution in [0, 0.1) is 5.92 Å². The summed E-state index contributed by atoms with van der Waals surface area (Å²) >= 11 is 0. The summed E-state index contributed by atoms with van der Waals surface area (Å²) in [7, 11) is 0. The first-order chi connectivity index (χ1) is 8.38. The van der Waals surface area contributed by atoms with Gasteiger partial charge in [-0.1, -0.05) is 12.1 Å². The van der Waals surface area contributed by atoms with Gasteiger partial charge in [0, 0.05) is 13.2 Å². The lowest BCUT2D eigenvalue weighted by atomic mass is 10.0. The van der Waals surface area contributed by atoms with Gasteiger partial charge in [0.1, 0.15) is 5.75 Å².